The van der Waals surface area contributed by atoms with Crippen molar-refractivity contribution < 1.29 is 13.2 Å². The Kier molecular flexibility index (Phi) is 3.78. The van der Waals surface area contributed by atoms with Crippen molar-refractivity contribution in [2.45, 2.75) is 0 Å². The number of halogens is 4. The van der Waals surface area contributed by atoms with Crippen LogP contribution >= 0.6 is 12.4 Å². The molecule has 0 spiro atoms. The molecule has 0 N–H and O–H groups in total. The molecule has 7 heteroatoms. The Hall–Kier alpha value is -1.69. The molecule has 1 heterocycles. The van der Waals surface area contributed by atoms with E-state index in [1.54, 1.807) is 0 Å². The Morgan fingerprint density at radius 3 is 2.12 bits per heavy atom. The zero-order chi connectivity index (χ0) is 10.8. The van der Waals surface area contributed by atoms with Gasteiger partial charge in [0, 0.05) is 0 Å². The molecule has 0 fully saturated rings. The molecule has 84 valence electrons. The molecule has 0 saturated heterocycles. The lowest BCUT2D eigenvalue weighted by Crippen LogP contribution is -1.97. The second-order valence-electron chi connectivity index (χ2n) is 2.68. The van der Waals surface area contributed by atoms with Gasteiger partial charge in [0.15, 0.2) is 23.3 Å². The molecule has 2 aromatic rings. The number of benzene rings is 1. The Labute approximate surface area is 94.8 Å². The Morgan fingerprint density at radius 2 is 1.50 bits per heavy atom. The van der Waals surface area contributed by atoms with E-state index in [1.807, 2.05) is 0 Å². The summed E-state index contributed by atoms with van der Waals surface area (Å²) in [6.45, 7) is 0. The third kappa shape index (κ3) is 2.11. The average Bonchev–Trinajstić information content (AvgIpc) is 2.27. The summed E-state index contributed by atoms with van der Waals surface area (Å²) in [5.74, 6) is -4.12. The Morgan fingerprint density at radius 1 is 0.875 bits per heavy atom. The lowest BCUT2D eigenvalue weighted by Gasteiger charge is -2.01. The highest BCUT2D eigenvalue weighted by atomic mass is 35.5. The van der Waals surface area contributed by atoms with Crippen molar-refractivity contribution in [2.75, 3.05) is 0 Å². The predicted molar refractivity (Wildman–Crippen MR) is 52.4 cm³/mol. The number of hydrogen-bond acceptors (Lipinski definition) is 3. The molecule has 1 aromatic heterocycles. The Bertz CT molecular complexity index is 493. The minimum Gasteiger partial charge on any atom is -0.225 e. The summed E-state index contributed by atoms with van der Waals surface area (Å²) < 4.78 is 38.7. The van der Waals surface area contributed by atoms with E-state index in [9.17, 15) is 13.2 Å². The van der Waals surface area contributed by atoms with Crippen molar-refractivity contribution in [2.24, 2.45) is 0 Å². The van der Waals surface area contributed by atoms with Gasteiger partial charge in [-0.05, 0) is 12.1 Å². The van der Waals surface area contributed by atoms with E-state index < -0.39 is 17.5 Å². The maximum absolute atomic E-state index is 13.2. The first kappa shape index (κ1) is 12.4. The lowest BCUT2D eigenvalue weighted by atomic mass is 10.2. The van der Waals surface area contributed by atoms with E-state index in [-0.39, 0.29) is 23.8 Å². The highest BCUT2D eigenvalue weighted by Gasteiger charge is 2.15. The van der Waals surface area contributed by atoms with E-state index in [4.69, 9.17) is 0 Å². The zero-order valence-electron chi connectivity index (χ0n) is 7.69. The van der Waals surface area contributed by atoms with Crippen LogP contribution < -0.4 is 0 Å². The van der Waals surface area contributed by atoms with Crippen LogP contribution in [0.25, 0.3) is 11.4 Å². The van der Waals surface area contributed by atoms with Gasteiger partial charge in [0.1, 0.15) is 12.7 Å². The van der Waals surface area contributed by atoms with Crippen LogP contribution in [0, 0.1) is 17.5 Å². The molecule has 0 aliphatic carbocycles. The van der Waals surface area contributed by atoms with Crippen LogP contribution in [0.1, 0.15) is 0 Å². The summed E-state index contributed by atoms with van der Waals surface area (Å²) in [4.78, 5) is 10.8. The molecule has 0 bridgehead atoms. The van der Waals surface area contributed by atoms with Crippen LogP contribution in [-0.4, -0.2) is 15.0 Å². The fourth-order valence-electron chi connectivity index (χ4n) is 1.08. The molecular weight excluding hydrogens is 243 g/mol. The average molecular weight is 248 g/mol. The molecule has 0 saturated carbocycles. The van der Waals surface area contributed by atoms with Gasteiger partial charge in [-0.1, -0.05) is 0 Å². The van der Waals surface area contributed by atoms with E-state index in [0.29, 0.717) is 0 Å². The molecule has 2 rings (SSSR count). The molecule has 1 aromatic carbocycles. The third-order valence-electron chi connectivity index (χ3n) is 1.77. The van der Waals surface area contributed by atoms with Gasteiger partial charge >= 0.3 is 0 Å². The second-order valence-corrected chi connectivity index (χ2v) is 2.68. The first-order chi connectivity index (χ1) is 7.20. The predicted octanol–water partition coefficient (Wildman–Crippen LogP) is 2.38. The molecule has 3 nitrogen and oxygen atoms in total. The molecule has 0 atom stereocenters. The smallest absolute Gasteiger partial charge is 0.195 e. The standard InChI is InChI=1S/C9H4F3N3.ClH/c10-6-2-1-5(7(11)8(6)12)9-14-3-13-4-15-9;/h1-4H;1H. The van der Waals surface area contributed by atoms with Gasteiger partial charge in [-0.25, -0.2) is 28.1 Å². The van der Waals surface area contributed by atoms with Gasteiger partial charge in [-0.2, -0.15) is 0 Å². The van der Waals surface area contributed by atoms with E-state index >= 15 is 0 Å². The van der Waals surface area contributed by atoms with Crippen molar-refractivity contribution in [1.29, 1.82) is 0 Å². The van der Waals surface area contributed by atoms with Crippen LogP contribution in [-0.2, 0) is 0 Å². The lowest BCUT2D eigenvalue weighted by molar-refractivity contribution is 0.448. The largest absolute Gasteiger partial charge is 0.225 e. The van der Waals surface area contributed by atoms with Gasteiger partial charge in [0.05, 0.1) is 5.56 Å². The van der Waals surface area contributed by atoms with Crippen molar-refractivity contribution in [3.05, 3.63) is 42.2 Å². The molecule has 0 unspecified atom stereocenters. The maximum Gasteiger partial charge on any atom is 0.195 e. The van der Waals surface area contributed by atoms with Crippen LogP contribution in [0.4, 0.5) is 13.2 Å². The molecule has 0 aliphatic rings. The van der Waals surface area contributed by atoms with E-state index in [1.165, 1.54) is 0 Å². The minimum atomic E-state index is -1.53. The van der Waals surface area contributed by atoms with Crippen molar-refractivity contribution in [3.8, 4) is 11.4 Å². The molecule has 0 amide bonds. The number of rotatable bonds is 1. The molecule has 0 radical (unpaired) electrons. The number of aromatic nitrogens is 3. The van der Waals surface area contributed by atoms with Gasteiger partial charge in [0.2, 0.25) is 0 Å². The quantitative estimate of drug-likeness (QED) is 0.726. The summed E-state index contributed by atoms with van der Waals surface area (Å²) >= 11 is 0. The van der Waals surface area contributed by atoms with Crippen LogP contribution in [0.5, 0.6) is 0 Å². The van der Waals surface area contributed by atoms with E-state index in [0.717, 1.165) is 24.8 Å². The van der Waals surface area contributed by atoms with Crippen LogP contribution in [0.15, 0.2) is 24.8 Å². The second kappa shape index (κ2) is 4.89. The summed E-state index contributed by atoms with van der Waals surface area (Å²) in [7, 11) is 0. The van der Waals surface area contributed by atoms with Crippen molar-refractivity contribution in [1.82, 2.24) is 15.0 Å². The van der Waals surface area contributed by atoms with Gasteiger partial charge in [0.25, 0.3) is 0 Å². The summed E-state index contributed by atoms with van der Waals surface area (Å²) in [5, 5.41) is 0. The third-order valence-corrected chi connectivity index (χ3v) is 1.77. The van der Waals surface area contributed by atoms with Crippen LogP contribution in [0.2, 0.25) is 0 Å². The van der Waals surface area contributed by atoms with Gasteiger partial charge in [-0.15, -0.1) is 12.4 Å². The fourth-order valence-corrected chi connectivity index (χ4v) is 1.08. The molecule has 0 aliphatic heterocycles. The maximum atomic E-state index is 13.2. The molecular formula is C9H5ClF3N3. The Balaban J connectivity index is 0.00000128. The van der Waals surface area contributed by atoms with Gasteiger partial charge in [-0.3, -0.25) is 0 Å². The number of nitrogens with zero attached hydrogens (tertiary/aromatic N) is 3. The summed E-state index contributed by atoms with van der Waals surface area (Å²) in [5.41, 5.74) is -0.198. The first-order valence-electron chi connectivity index (χ1n) is 3.96. The summed E-state index contributed by atoms with van der Waals surface area (Å²) in [6, 6.07) is 1.89. The number of hydrogen-bond donors (Lipinski definition) is 0. The van der Waals surface area contributed by atoms with Crippen molar-refractivity contribution >= 4 is 12.4 Å². The SMILES string of the molecule is Cl.Fc1ccc(-c2ncncn2)c(F)c1F. The zero-order valence-corrected chi connectivity index (χ0v) is 8.51. The highest BCUT2D eigenvalue weighted by Crippen LogP contribution is 2.22. The van der Waals surface area contributed by atoms with Crippen LogP contribution in [0.3, 0.4) is 0 Å². The topological polar surface area (TPSA) is 38.7 Å². The normalized spacial score (nSPS) is 9.69. The fraction of sp³-hybridized carbons (Fsp3) is 0. The van der Waals surface area contributed by atoms with E-state index in [2.05, 4.69) is 15.0 Å². The first-order valence-corrected chi connectivity index (χ1v) is 3.96. The van der Waals surface area contributed by atoms with Gasteiger partial charge < -0.3 is 0 Å². The monoisotopic (exact) mass is 247 g/mol. The summed E-state index contributed by atoms with van der Waals surface area (Å²) in [6.07, 6.45) is 2.28. The minimum absolute atomic E-state index is 0. The molecule has 16 heavy (non-hydrogen) atoms. The highest BCUT2D eigenvalue weighted by molar-refractivity contribution is 5.85. The van der Waals surface area contributed by atoms with Crippen molar-refractivity contribution in [3.63, 3.8) is 0 Å².